The van der Waals surface area contributed by atoms with Gasteiger partial charge in [-0.15, -0.1) is 0 Å². The van der Waals surface area contributed by atoms with Crippen LogP contribution in [0.1, 0.15) is 51.9 Å². The summed E-state index contributed by atoms with van der Waals surface area (Å²) >= 11 is 3.74. The summed E-state index contributed by atoms with van der Waals surface area (Å²) in [5, 5.41) is 0. The maximum Gasteiger partial charge on any atom is 0.0576 e. The number of hydrogen-bond donors (Lipinski definition) is 0. The molecule has 2 unspecified atom stereocenters. The summed E-state index contributed by atoms with van der Waals surface area (Å²) in [4.78, 5) is 0.708. The van der Waals surface area contributed by atoms with E-state index in [-0.39, 0.29) is 0 Å². The van der Waals surface area contributed by atoms with Gasteiger partial charge >= 0.3 is 0 Å². The first-order chi connectivity index (χ1) is 6.73. The molecule has 2 fully saturated rings. The van der Waals surface area contributed by atoms with Crippen LogP contribution in [0.25, 0.3) is 0 Å². The van der Waals surface area contributed by atoms with Crippen molar-refractivity contribution in [2.75, 3.05) is 6.61 Å². The standard InChI is InChI=1S/C12H21BrO/c1-10(13)12(7-8-12)6-2-4-11-5-3-9-14-11/h10-11H,2-9H2,1H3. The quantitative estimate of drug-likeness (QED) is 0.682. The van der Waals surface area contributed by atoms with Gasteiger partial charge in [0.05, 0.1) is 6.10 Å². The minimum atomic E-state index is 0.594. The maximum atomic E-state index is 5.64. The monoisotopic (exact) mass is 260 g/mol. The van der Waals surface area contributed by atoms with E-state index in [0.29, 0.717) is 16.3 Å². The van der Waals surface area contributed by atoms with Crippen LogP contribution in [-0.4, -0.2) is 17.5 Å². The average molecular weight is 261 g/mol. The molecule has 82 valence electrons. The number of rotatable bonds is 5. The van der Waals surface area contributed by atoms with Crippen molar-refractivity contribution in [3.63, 3.8) is 0 Å². The predicted octanol–water partition coefficient (Wildman–Crippen LogP) is 3.90. The molecule has 1 aliphatic heterocycles. The zero-order valence-corrected chi connectivity index (χ0v) is 10.7. The minimum absolute atomic E-state index is 0.594. The fourth-order valence-electron chi connectivity index (χ4n) is 2.56. The average Bonchev–Trinajstić information content (AvgIpc) is 2.76. The zero-order valence-electron chi connectivity index (χ0n) is 9.10. The van der Waals surface area contributed by atoms with E-state index in [1.54, 1.807) is 0 Å². The lowest BCUT2D eigenvalue weighted by Gasteiger charge is -2.18. The van der Waals surface area contributed by atoms with Gasteiger partial charge < -0.3 is 4.74 Å². The van der Waals surface area contributed by atoms with Gasteiger partial charge in [0, 0.05) is 11.4 Å². The van der Waals surface area contributed by atoms with Crippen LogP contribution in [0, 0.1) is 5.41 Å². The first kappa shape index (κ1) is 10.9. The summed E-state index contributed by atoms with van der Waals surface area (Å²) in [5.41, 5.74) is 0.665. The van der Waals surface area contributed by atoms with Crippen LogP contribution in [0.4, 0.5) is 0 Å². The second kappa shape index (κ2) is 4.52. The molecule has 2 aliphatic rings. The van der Waals surface area contributed by atoms with E-state index in [9.17, 15) is 0 Å². The van der Waals surface area contributed by atoms with Crippen molar-refractivity contribution in [3.8, 4) is 0 Å². The van der Waals surface area contributed by atoms with Crippen LogP contribution in [0.3, 0.4) is 0 Å². The highest BCUT2D eigenvalue weighted by atomic mass is 79.9. The van der Waals surface area contributed by atoms with Crippen LogP contribution in [0.2, 0.25) is 0 Å². The van der Waals surface area contributed by atoms with E-state index in [1.165, 1.54) is 44.9 Å². The molecule has 0 radical (unpaired) electrons. The molecule has 0 N–H and O–H groups in total. The summed E-state index contributed by atoms with van der Waals surface area (Å²) in [6.07, 6.45) is 10.1. The van der Waals surface area contributed by atoms with E-state index in [4.69, 9.17) is 4.74 Å². The van der Waals surface area contributed by atoms with Crippen molar-refractivity contribution in [2.24, 2.45) is 5.41 Å². The van der Waals surface area contributed by atoms with Crippen LogP contribution >= 0.6 is 15.9 Å². The largest absolute Gasteiger partial charge is 0.378 e. The molecule has 0 bridgehead atoms. The molecule has 1 saturated carbocycles. The van der Waals surface area contributed by atoms with Gasteiger partial charge in [-0.2, -0.15) is 0 Å². The molecule has 0 amide bonds. The van der Waals surface area contributed by atoms with Gasteiger partial charge in [-0.1, -0.05) is 29.3 Å². The molecule has 0 aromatic heterocycles. The lowest BCUT2D eigenvalue weighted by Crippen LogP contribution is -2.13. The lowest BCUT2D eigenvalue weighted by atomic mass is 9.95. The Kier molecular flexibility index (Phi) is 3.54. The fraction of sp³-hybridized carbons (Fsp3) is 1.00. The summed E-state index contributed by atoms with van der Waals surface area (Å²) in [5.74, 6) is 0. The topological polar surface area (TPSA) is 9.23 Å². The molecule has 2 atom stereocenters. The molecule has 2 heteroatoms. The van der Waals surface area contributed by atoms with Crippen molar-refractivity contribution in [2.45, 2.75) is 62.8 Å². The zero-order chi connectivity index (χ0) is 10.0. The summed E-state index contributed by atoms with van der Waals surface area (Å²) in [6, 6.07) is 0. The first-order valence-electron chi connectivity index (χ1n) is 5.99. The van der Waals surface area contributed by atoms with Gasteiger partial charge in [0.2, 0.25) is 0 Å². The van der Waals surface area contributed by atoms with Gasteiger partial charge in [0.1, 0.15) is 0 Å². The molecule has 0 aromatic rings. The Morgan fingerprint density at radius 2 is 2.29 bits per heavy atom. The van der Waals surface area contributed by atoms with E-state index in [1.807, 2.05) is 0 Å². The maximum absolute atomic E-state index is 5.64. The fourth-order valence-corrected chi connectivity index (χ4v) is 3.25. The Morgan fingerprint density at radius 3 is 2.79 bits per heavy atom. The van der Waals surface area contributed by atoms with E-state index >= 15 is 0 Å². The number of alkyl halides is 1. The molecule has 0 aromatic carbocycles. The molecule has 2 rings (SSSR count). The Hall–Kier alpha value is 0.440. The van der Waals surface area contributed by atoms with E-state index < -0.39 is 0 Å². The van der Waals surface area contributed by atoms with E-state index in [2.05, 4.69) is 22.9 Å². The van der Waals surface area contributed by atoms with Crippen LogP contribution < -0.4 is 0 Å². The van der Waals surface area contributed by atoms with Gasteiger partial charge in [-0.05, 0) is 43.9 Å². The highest BCUT2D eigenvalue weighted by Crippen LogP contribution is 2.55. The molecule has 1 saturated heterocycles. The second-order valence-corrected chi connectivity index (χ2v) is 6.38. The third-order valence-corrected chi connectivity index (χ3v) is 4.93. The SMILES string of the molecule is CC(Br)C1(CCCC2CCCO2)CC1. The van der Waals surface area contributed by atoms with Crippen molar-refractivity contribution >= 4 is 15.9 Å². The third-order valence-electron chi connectivity index (χ3n) is 3.96. The van der Waals surface area contributed by atoms with Crippen LogP contribution in [0.5, 0.6) is 0 Å². The van der Waals surface area contributed by atoms with Gasteiger partial charge in [0.15, 0.2) is 0 Å². The van der Waals surface area contributed by atoms with Crippen molar-refractivity contribution in [1.29, 1.82) is 0 Å². The van der Waals surface area contributed by atoms with Crippen molar-refractivity contribution in [3.05, 3.63) is 0 Å². The van der Waals surface area contributed by atoms with Crippen molar-refractivity contribution < 1.29 is 4.74 Å². The van der Waals surface area contributed by atoms with Crippen LogP contribution in [0.15, 0.2) is 0 Å². The number of halogens is 1. The highest BCUT2D eigenvalue weighted by molar-refractivity contribution is 9.09. The number of hydrogen-bond acceptors (Lipinski definition) is 1. The molecule has 0 spiro atoms. The molecule has 1 aliphatic carbocycles. The molecule has 1 nitrogen and oxygen atoms in total. The summed E-state index contributed by atoms with van der Waals surface area (Å²) in [6.45, 7) is 3.31. The summed E-state index contributed by atoms with van der Waals surface area (Å²) < 4.78 is 5.64. The predicted molar refractivity (Wildman–Crippen MR) is 62.9 cm³/mol. The Balaban J connectivity index is 1.62. The molecular formula is C12H21BrO. The van der Waals surface area contributed by atoms with Crippen LogP contribution in [-0.2, 0) is 4.74 Å². The van der Waals surface area contributed by atoms with E-state index in [0.717, 1.165) is 6.61 Å². The number of ether oxygens (including phenoxy) is 1. The normalized spacial score (nSPS) is 31.7. The van der Waals surface area contributed by atoms with Gasteiger partial charge in [-0.25, -0.2) is 0 Å². The van der Waals surface area contributed by atoms with Gasteiger partial charge in [0.25, 0.3) is 0 Å². The minimum Gasteiger partial charge on any atom is -0.378 e. The van der Waals surface area contributed by atoms with Crippen molar-refractivity contribution in [1.82, 2.24) is 0 Å². The Morgan fingerprint density at radius 1 is 1.50 bits per heavy atom. The lowest BCUT2D eigenvalue weighted by molar-refractivity contribution is 0.100. The molecular weight excluding hydrogens is 240 g/mol. The van der Waals surface area contributed by atoms with Gasteiger partial charge in [-0.3, -0.25) is 0 Å². The second-order valence-electron chi connectivity index (χ2n) is 5.01. The molecule has 14 heavy (non-hydrogen) atoms. The first-order valence-corrected chi connectivity index (χ1v) is 6.90. The molecule has 1 heterocycles. The third kappa shape index (κ3) is 2.52. The summed E-state index contributed by atoms with van der Waals surface area (Å²) in [7, 11) is 0. The Bertz CT molecular complexity index is 181. The Labute approximate surface area is 95.7 Å². The smallest absolute Gasteiger partial charge is 0.0576 e. The highest BCUT2D eigenvalue weighted by Gasteiger charge is 2.45.